The highest BCUT2D eigenvalue weighted by atomic mass is 14.0. The minimum atomic E-state index is 1.26. The second-order valence-corrected chi connectivity index (χ2v) is 5.51. The highest BCUT2D eigenvalue weighted by Crippen LogP contribution is 2.10. The molecule has 0 heteroatoms. The van der Waals surface area contributed by atoms with Crippen molar-refractivity contribution in [2.24, 2.45) is 0 Å². The zero-order valence-electron chi connectivity index (χ0n) is 13.5. The van der Waals surface area contributed by atoms with Crippen molar-refractivity contribution in [1.82, 2.24) is 0 Å². The largest absolute Gasteiger partial charge is 0.0654 e. The molecule has 2 aromatic carbocycles. The lowest BCUT2D eigenvalue weighted by Gasteiger charge is -2.01. The molecule has 0 saturated carbocycles. The molecule has 0 saturated heterocycles. The number of rotatable bonds is 8. The van der Waals surface area contributed by atoms with Crippen molar-refractivity contribution in [3.05, 3.63) is 72.3 Å². The van der Waals surface area contributed by atoms with Gasteiger partial charge in [0.2, 0.25) is 0 Å². The Bertz CT molecular complexity index is 378. The van der Waals surface area contributed by atoms with Crippen molar-refractivity contribution in [1.29, 1.82) is 0 Å². The van der Waals surface area contributed by atoms with Crippen molar-refractivity contribution in [3.63, 3.8) is 0 Å². The van der Waals surface area contributed by atoms with E-state index in [4.69, 9.17) is 0 Å². The number of benzene rings is 2. The molecule has 0 heterocycles. The molecule has 2 rings (SSSR count). The molecule has 0 nitrogen and oxygen atoms in total. The Morgan fingerprint density at radius 3 is 1.48 bits per heavy atom. The summed E-state index contributed by atoms with van der Waals surface area (Å²) >= 11 is 0. The first-order valence-corrected chi connectivity index (χ1v) is 8.47. The van der Waals surface area contributed by atoms with Crippen LogP contribution in [0.3, 0.4) is 0 Å². The van der Waals surface area contributed by atoms with Crippen LogP contribution in [-0.4, -0.2) is 0 Å². The van der Waals surface area contributed by atoms with E-state index in [0.29, 0.717) is 0 Å². The van der Waals surface area contributed by atoms with Gasteiger partial charge in [0.1, 0.15) is 0 Å². The topological polar surface area (TPSA) is 0 Å². The van der Waals surface area contributed by atoms with Gasteiger partial charge < -0.3 is 0 Å². The van der Waals surface area contributed by atoms with Crippen molar-refractivity contribution in [3.8, 4) is 0 Å². The van der Waals surface area contributed by atoms with Crippen LogP contribution in [0.15, 0.2) is 66.7 Å². The van der Waals surface area contributed by atoms with E-state index < -0.39 is 0 Å². The van der Waals surface area contributed by atoms with Crippen LogP contribution in [0.1, 0.15) is 57.4 Å². The van der Waals surface area contributed by atoms with Gasteiger partial charge in [-0.3, -0.25) is 0 Å². The summed E-state index contributed by atoms with van der Waals surface area (Å²) in [5.41, 5.74) is 1.49. The molecule has 0 aliphatic rings. The fourth-order valence-electron chi connectivity index (χ4n) is 2.32. The SMILES string of the molecule is CCCCCCCCCc1ccccc1.c1ccccc1. The van der Waals surface area contributed by atoms with Gasteiger partial charge in [-0.1, -0.05) is 112 Å². The Morgan fingerprint density at radius 1 is 0.524 bits per heavy atom. The Morgan fingerprint density at radius 2 is 0.952 bits per heavy atom. The number of aryl methyl sites for hydroxylation is 1. The Hall–Kier alpha value is -1.56. The Kier molecular flexibility index (Phi) is 11.2. The third-order valence-corrected chi connectivity index (χ3v) is 3.58. The molecule has 2 aromatic rings. The van der Waals surface area contributed by atoms with Crippen molar-refractivity contribution < 1.29 is 0 Å². The minimum Gasteiger partial charge on any atom is -0.0654 e. The smallest absolute Gasteiger partial charge is 0.0279 e. The van der Waals surface area contributed by atoms with Gasteiger partial charge >= 0.3 is 0 Å². The van der Waals surface area contributed by atoms with Crippen LogP contribution in [0.25, 0.3) is 0 Å². The average molecular weight is 282 g/mol. The molecule has 0 unspecified atom stereocenters. The van der Waals surface area contributed by atoms with Crippen LogP contribution in [-0.2, 0) is 6.42 Å². The third kappa shape index (κ3) is 10.8. The van der Waals surface area contributed by atoms with Gasteiger partial charge in [0.25, 0.3) is 0 Å². The maximum atomic E-state index is 2.27. The third-order valence-electron chi connectivity index (χ3n) is 3.58. The van der Waals surface area contributed by atoms with Crippen LogP contribution in [0.5, 0.6) is 0 Å². The molecule has 0 atom stereocenters. The highest BCUT2D eigenvalue weighted by molar-refractivity contribution is 5.14. The summed E-state index contributed by atoms with van der Waals surface area (Å²) in [6.45, 7) is 2.27. The van der Waals surface area contributed by atoms with Crippen molar-refractivity contribution in [2.45, 2.75) is 58.3 Å². The predicted molar refractivity (Wildman–Crippen MR) is 94.6 cm³/mol. The second-order valence-electron chi connectivity index (χ2n) is 5.51. The first-order valence-electron chi connectivity index (χ1n) is 8.47. The zero-order valence-corrected chi connectivity index (χ0v) is 13.5. The van der Waals surface area contributed by atoms with E-state index in [-0.39, 0.29) is 0 Å². The molecule has 0 aliphatic carbocycles. The monoisotopic (exact) mass is 282 g/mol. The maximum absolute atomic E-state index is 2.27. The molecule has 0 radical (unpaired) electrons. The van der Waals surface area contributed by atoms with E-state index in [1.807, 2.05) is 36.4 Å². The fourth-order valence-corrected chi connectivity index (χ4v) is 2.32. The lowest BCUT2D eigenvalue weighted by molar-refractivity contribution is 0.589. The van der Waals surface area contributed by atoms with Gasteiger partial charge in [-0.15, -0.1) is 0 Å². The van der Waals surface area contributed by atoms with E-state index >= 15 is 0 Å². The first kappa shape index (κ1) is 17.5. The van der Waals surface area contributed by atoms with E-state index in [0.717, 1.165) is 0 Å². The van der Waals surface area contributed by atoms with Gasteiger partial charge in [-0.25, -0.2) is 0 Å². The molecule has 21 heavy (non-hydrogen) atoms. The van der Waals surface area contributed by atoms with Gasteiger partial charge in [0.15, 0.2) is 0 Å². The fraction of sp³-hybridized carbons (Fsp3) is 0.429. The zero-order chi connectivity index (χ0) is 15.0. The van der Waals surface area contributed by atoms with E-state index in [9.17, 15) is 0 Å². The summed E-state index contributed by atoms with van der Waals surface area (Å²) in [7, 11) is 0. The minimum absolute atomic E-state index is 1.26. The van der Waals surface area contributed by atoms with Crippen LogP contribution < -0.4 is 0 Å². The standard InChI is InChI=1S/C15H24.C6H6/c1-2-3-4-5-6-7-9-12-15-13-10-8-11-14-15;1-2-4-6-5-3-1/h8,10-11,13-14H,2-7,9,12H2,1H3;1-6H. The summed E-state index contributed by atoms with van der Waals surface area (Å²) in [5, 5.41) is 0. The molecular formula is C21H30. The van der Waals surface area contributed by atoms with Crippen LogP contribution in [0.4, 0.5) is 0 Å². The molecule has 0 fully saturated rings. The van der Waals surface area contributed by atoms with E-state index in [1.165, 1.54) is 56.9 Å². The number of hydrogen-bond acceptors (Lipinski definition) is 0. The molecule has 0 aromatic heterocycles. The summed E-state index contributed by atoms with van der Waals surface area (Å²) in [6.07, 6.45) is 11.1. The lowest BCUT2D eigenvalue weighted by Crippen LogP contribution is -1.85. The lowest BCUT2D eigenvalue weighted by atomic mass is 10.0. The normalized spacial score (nSPS) is 9.76. The van der Waals surface area contributed by atoms with Crippen molar-refractivity contribution >= 4 is 0 Å². The van der Waals surface area contributed by atoms with Crippen molar-refractivity contribution in [2.75, 3.05) is 0 Å². The van der Waals surface area contributed by atoms with Crippen LogP contribution in [0.2, 0.25) is 0 Å². The molecule has 114 valence electrons. The summed E-state index contributed by atoms with van der Waals surface area (Å²) in [6, 6.07) is 22.8. The first-order chi connectivity index (χ1) is 10.4. The molecule has 0 aliphatic heterocycles. The van der Waals surface area contributed by atoms with Crippen LogP contribution in [0, 0.1) is 0 Å². The summed E-state index contributed by atoms with van der Waals surface area (Å²) < 4.78 is 0. The van der Waals surface area contributed by atoms with Gasteiger partial charge in [-0.2, -0.15) is 0 Å². The molecule has 0 amide bonds. The molecule has 0 spiro atoms. The molecule has 0 N–H and O–H groups in total. The molecule has 0 bridgehead atoms. The summed E-state index contributed by atoms with van der Waals surface area (Å²) in [4.78, 5) is 0. The second kappa shape index (κ2) is 13.4. The van der Waals surface area contributed by atoms with E-state index in [2.05, 4.69) is 37.3 Å². The van der Waals surface area contributed by atoms with Crippen LogP contribution >= 0.6 is 0 Å². The van der Waals surface area contributed by atoms with Gasteiger partial charge in [0.05, 0.1) is 0 Å². The van der Waals surface area contributed by atoms with Gasteiger partial charge in [-0.05, 0) is 18.4 Å². The quantitative estimate of drug-likeness (QED) is 0.474. The Balaban J connectivity index is 0.000000304. The highest BCUT2D eigenvalue weighted by Gasteiger charge is 1.92. The molecular weight excluding hydrogens is 252 g/mol. The number of unbranched alkanes of at least 4 members (excludes halogenated alkanes) is 6. The average Bonchev–Trinajstić information content (AvgIpc) is 2.57. The van der Waals surface area contributed by atoms with Gasteiger partial charge in [0, 0.05) is 0 Å². The predicted octanol–water partition coefficient (Wildman–Crippen LogP) is 6.67. The maximum Gasteiger partial charge on any atom is -0.0279 e. The van der Waals surface area contributed by atoms with E-state index in [1.54, 1.807) is 0 Å². The summed E-state index contributed by atoms with van der Waals surface area (Å²) in [5.74, 6) is 0. The number of hydrogen-bond donors (Lipinski definition) is 0. The Labute approximate surface area is 131 Å².